The molecule has 100 valence electrons. The second-order valence-corrected chi connectivity index (χ2v) is 5.01. The lowest BCUT2D eigenvalue weighted by Gasteiger charge is -1.99. The molecule has 1 aromatic heterocycles. The minimum absolute atomic E-state index is 0.0997. The maximum absolute atomic E-state index is 12.5. The minimum Gasteiger partial charge on any atom is -0.452 e. The lowest BCUT2D eigenvalue weighted by atomic mass is 10.0. The van der Waals surface area contributed by atoms with Crippen LogP contribution in [0.2, 0.25) is 0 Å². The monoisotopic (exact) mass is 265 g/mol. The van der Waals surface area contributed by atoms with Crippen molar-refractivity contribution in [3.05, 3.63) is 64.9 Å². The second-order valence-electron chi connectivity index (χ2n) is 5.01. The van der Waals surface area contributed by atoms with E-state index in [0.717, 1.165) is 16.5 Å². The Kier molecular flexibility index (Phi) is 2.83. The molecule has 3 heteroatoms. The molecule has 0 amide bonds. The average Bonchev–Trinajstić information content (AvgIpc) is 2.76. The van der Waals surface area contributed by atoms with Crippen molar-refractivity contribution in [3.63, 3.8) is 0 Å². The Labute approximate surface area is 117 Å². The Morgan fingerprint density at radius 1 is 1.05 bits per heavy atom. The first-order valence-electron chi connectivity index (χ1n) is 6.46. The highest BCUT2D eigenvalue weighted by Gasteiger charge is 2.19. The molecule has 0 aliphatic carbocycles. The zero-order valence-electron chi connectivity index (χ0n) is 11.4. The minimum atomic E-state index is -0.0997. The quantitative estimate of drug-likeness (QED) is 0.565. The predicted molar refractivity (Wildman–Crippen MR) is 80.0 cm³/mol. The molecular weight excluding hydrogens is 250 g/mol. The van der Waals surface area contributed by atoms with E-state index in [1.807, 2.05) is 44.2 Å². The van der Waals surface area contributed by atoms with Crippen molar-refractivity contribution in [2.75, 3.05) is 5.73 Å². The number of nitrogens with two attached hydrogens (primary N) is 1. The van der Waals surface area contributed by atoms with E-state index in [2.05, 4.69) is 0 Å². The summed E-state index contributed by atoms with van der Waals surface area (Å²) >= 11 is 0. The topological polar surface area (TPSA) is 56.2 Å². The number of benzene rings is 2. The third-order valence-corrected chi connectivity index (χ3v) is 3.48. The molecule has 2 N–H and O–H groups in total. The third kappa shape index (κ3) is 1.97. The van der Waals surface area contributed by atoms with Crippen molar-refractivity contribution in [2.45, 2.75) is 13.8 Å². The Hall–Kier alpha value is -2.55. The normalized spacial score (nSPS) is 10.9. The summed E-state index contributed by atoms with van der Waals surface area (Å²) in [5, 5.41) is 0.889. The van der Waals surface area contributed by atoms with Crippen LogP contribution in [0.5, 0.6) is 0 Å². The van der Waals surface area contributed by atoms with Gasteiger partial charge in [-0.3, -0.25) is 4.79 Å². The van der Waals surface area contributed by atoms with Gasteiger partial charge in [-0.15, -0.1) is 0 Å². The molecule has 1 heterocycles. The van der Waals surface area contributed by atoms with Crippen LogP contribution in [0.4, 0.5) is 5.69 Å². The fourth-order valence-electron chi connectivity index (χ4n) is 2.29. The summed E-state index contributed by atoms with van der Waals surface area (Å²) in [5.74, 6) is 0.284. The third-order valence-electron chi connectivity index (χ3n) is 3.48. The first kappa shape index (κ1) is 12.5. The van der Waals surface area contributed by atoms with E-state index in [-0.39, 0.29) is 5.78 Å². The molecule has 3 nitrogen and oxygen atoms in total. The van der Waals surface area contributed by atoms with Gasteiger partial charge in [-0.25, -0.2) is 0 Å². The van der Waals surface area contributed by atoms with Crippen molar-refractivity contribution >= 4 is 22.4 Å². The number of carbonyl (C=O) groups is 1. The molecule has 3 aromatic rings. The summed E-state index contributed by atoms with van der Waals surface area (Å²) < 4.78 is 5.70. The van der Waals surface area contributed by atoms with Crippen LogP contribution in [0, 0.1) is 13.8 Å². The van der Waals surface area contributed by atoms with Gasteiger partial charge in [0.1, 0.15) is 5.58 Å². The van der Waals surface area contributed by atoms with Crippen LogP contribution in [0.1, 0.15) is 27.2 Å². The van der Waals surface area contributed by atoms with Crippen molar-refractivity contribution < 1.29 is 9.21 Å². The molecule has 0 atom stereocenters. The predicted octanol–water partition coefficient (Wildman–Crippen LogP) is 3.86. The molecule has 0 saturated heterocycles. The highest BCUT2D eigenvalue weighted by Crippen LogP contribution is 2.28. The zero-order valence-corrected chi connectivity index (χ0v) is 11.4. The fourth-order valence-corrected chi connectivity index (χ4v) is 2.29. The van der Waals surface area contributed by atoms with E-state index in [4.69, 9.17) is 10.2 Å². The van der Waals surface area contributed by atoms with Crippen LogP contribution in [0.25, 0.3) is 11.0 Å². The SMILES string of the molecule is Cc1ccc(C(=O)c2oc3ccc(N)cc3c2C)cc1. The lowest BCUT2D eigenvalue weighted by Crippen LogP contribution is -2.01. The van der Waals surface area contributed by atoms with Gasteiger partial charge in [-0.2, -0.15) is 0 Å². The largest absolute Gasteiger partial charge is 0.452 e. The van der Waals surface area contributed by atoms with Crippen LogP contribution < -0.4 is 5.73 Å². The fraction of sp³-hybridized carbons (Fsp3) is 0.118. The van der Waals surface area contributed by atoms with Gasteiger partial charge in [0.25, 0.3) is 0 Å². The molecule has 2 aromatic carbocycles. The van der Waals surface area contributed by atoms with Crippen LogP contribution in [0.3, 0.4) is 0 Å². The molecule has 0 unspecified atom stereocenters. The maximum atomic E-state index is 12.5. The van der Waals surface area contributed by atoms with Crippen LogP contribution in [0.15, 0.2) is 46.9 Å². The summed E-state index contributed by atoms with van der Waals surface area (Å²) in [4.78, 5) is 12.5. The van der Waals surface area contributed by atoms with Crippen molar-refractivity contribution in [2.24, 2.45) is 0 Å². The van der Waals surface area contributed by atoms with Gasteiger partial charge in [0.05, 0.1) is 0 Å². The summed E-state index contributed by atoms with van der Waals surface area (Å²) in [6.45, 7) is 3.87. The van der Waals surface area contributed by atoms with Gasteiger partial charge in [-0.05, 0) is 32.0 Å². The first-order valence-corrected chi connectivity index (χ1v) is 6.46. The number of anilines is 1. The maximum Gasteiger partial charge on any atom is 0.228 e. The van der Waals surface area contributed by atoms with E-state index in [1.54, 1.807) is 12.1 Å². The summed E-state index contributed by atoms with van der Waals surface area (Å²) in [6.07, 6.45) is 0. The van der Waals surface area contributed by atoms with Gasteiger partial charge >= 0.3 is 0 Å². The Bertz CT molecular complexity index is 798. The highest BCUT2D eigenvalue weighted by molar-refractivity contribution is 6.10. The van der Waals surface area contributed by atoms with Gasteiger partial charge in [-0.1, -0.05) is 29.8 Å². The molecule has 20 heavy (non-hydrogen) atoms. The van der Waals surface area contributed by atoms with Gasteiger partial charge in [0.2, 0.25) is 5.78 Å². The summed E-state index contributed by atoms with van der Waals surface area (Å²) in [7, 11) is 0. The van der Waals surface area contributed by atoms with Crippen molar-refractivity contribution in [3.8, 4) is 0 Å². The number of hydrogen-bond acceptors (Lipinski definition) is 3. The summed E-state index contributed by atoms with van der Waals surface area (Å²) in [5.41, 5.74) is 9.71. The average molecular weight is 265 g/mol. The Balaban J connectivity index is 2.12. The number of ketones is 1. The Morgan fingerprint density at radius 3 is 2.45 bits per heavy atom. The molecule has 0 saturated carbocycles. The molecule has 0 bridgehead atoms. The van der Waals surface area contributed by atoms with E-state index >= 15 is 0 Å². The molecule has 0 aliphatic heterocycles. The molecule has 3 rings (SSSR count). The van der Waals surface area contributed by atoms with E-state index in [1.165, 1.54) is 0 Å². The smallest absolute Gasteiger partial charge is 0.228 e. The van der Waals surface area contributed by atoms with Crippen LogP contribution >= 0.6 is 0 Å². The zero-order chi connectivity index (χ0) is 14.3. The Morgan fingerprint density at radius 2 is 1.75 bits per heavy atom. The van der Waals surface area contributed by atoms with Crippen molar-refractivity contribution in [1.29, 1.82) is 0 Å². The number of aryl methyl sites for hydroxylation is 2. The number of fused-ring (bicyclic) bond motifs is 1. The number of hydrogen-bond donors (Lipinski definition) is 1. The summed E-state index contributed by atoms with van der Waals surface area (Å²) in [6, 6.07) is 12.9. The van der Waals surface area contributed by atoms with Crippen LogP contribution in [-0.4, -0.2) is 5.78 Å². The molecule has 0 spiro atoms. The first-order chi connectivity index (χ1) is 9.56. The number of nitrogen functional groups attached to an aromatic ring is 1. The molecular formula is C17H15NO2. The number of rotatable bonds is 2. The lowest BCUT2D eigenvalue weighted by molar-refractivity contribution is 0.101. The number of furan rings is 1. The molecule has 0 radical (unpaired) electrons. The molecule has 0 aliphatic rings. The van der Waals surface area contributed by atoms with Gasteiger partial charge in [0, 0.05) is 22.2 Å². The van der Waals surface area contributed by atoms with Gasteiger partial charge < -0.3 is 10.2 Å². The second kappa shape index (κ2) is 4.53. The van der Waals surface area contributed by atoms with E-state index in [0.29, 0.717) is 22.6 Å². The van der Waals surface area contributed by atoms with Crippen LogP contribution in [-0.2, 0) is 0 Å². The van der Waals surface area contributed by atoms with E-state index < -0.39 is 0 Å². The standard InChI is InChI=1S/C17H15NO2/c1-10-3-5-12(6-4-10)16(19)17-11(2)14-9-13(18)7-8-15(14)20-17/h3-9H,18H2,1-2H3. The highest BCUT2D eigenvalue weighted by atomic mass is 16.3. The molecule has 0 fully saturated rings. The van der Waals surface area contributed by atoms with E-state index in [9.17, 15) is 4.79 Å². The van der Waals surface area contributed by atoms with Crippen molar-refractivity contribution in [1.82, 2.24) is 0 Å². The number of carbonyl (C=O) groups excluding carboxylic acids is 1. The van der Waals surface area contributed by atoms with Gasteiger partial charge in [0.15, 0.2) is 5.76 Å².